The van der Waals surface area contributed by atoms with E-state index in [2.05, 4.69) is 5.32 Å². The van der Waals surface area contributed by atoms with Crippen LogP contribution in [0.1, 0.15) is 18.4 Å². The minimum atomic E-state index is -4.02. The van der Waals surface area contributed by atoms with Gasteiger partial charge in [-0.1, -0.05) is 6.07 Å². The third-order valence-electron chi connectivity index (χ3n) is 5.70. The number of hydrogen-bond donors (Lipinski definition) is 1. The third kappa shape index (κ3) is 5.85. The number of rotatable bonds is 6. The van der Waals surface area contributed by atoms with Crippen molar-refractivity contribution in [3.05, 3.63) is 48.0 Å². The van der Waals surface area contributed by atoms with Crippen LogP contribution in [0, 0.1) is 11.3 Å². The molecule has 2 aromatic rings. The van der Waals surface area contributed by atoms with E-state index in [9.17, 15) is 18.5 Å². The molecule has 2 heterocycles. The Morgan fingerprint density at radius 1 is 1.23 bits per heavy atom. The summed E-state index contributed by atoms with van der Waals surface area (Å²) in [4.78, 5) is 14.3. The van der Waals surface area contributed by atoms with E-state index in [1.165, 1.54) is 22.5 Å². The largest absolute Gasteiger partial charge is 0.485 e. The molecule has 1 fully saturated rings. The van der Waals surface area contributed by atoms with Gasteiger partial charge in [0.05, 0.1) is 42.0 Å². The molecular weight excluding hydrogens is 472 g/mol. The Hall–Kier alpha value is -3.33. The predicted molar refractivity (Wildman–Crippen MR) is 129 cm³/mol. The molecule has 0 bridgehead atoms. The molecule has 0 aromatic heterocycles. The smallest absolute Gasteiger partial charge is 0.411 e. The number of amides is 1. The molecule has 0 radical (unpaired) electrons. The molecule has 1 amide bonds. The van der Waals surface area contributed by atoms with E-state index in [1.807, 2.05) is 25.1 Å². The number of carbonyl (C=O) groups excluding carboxylic acids is 1. The predicted octanol–water partition coefficient (Wildman–Crippen LogP) is 2.80. The highest BCUT2D eigenvalue weighted by molar-refractivity contribution is 7.92. The van der Waals surface area contributed by atoms with Gasteiger partial charge >= 0.3 is 6.09 Å². The number of nitriles is 1. The van der Waals surface area contributed by atoms with Gasteiger partial charge in [-0.3, -0.25) is 9.62 Å². The Morgan fingerprint density at radius 3 is 2.71 bits per heavy atom. The molecule has 2 aliphatic heterocycles. The summed E-state index contributed by atoms with van der Waals surface area (Å²) in [5.74, 6) is 0.381. The highest BCUT2D eigenvalue weighted by Crippen LogP contribution is 2.39. The number of nitrogens with zero attached hydrogens (tertiary/aromatic N) is 3. The first kappa shape index (κ1) is 24.8. The van der Waals surface area contributed by atoms with Gasteiger partial charge in [-0.2, -0.15) is 5.26 Å². The number of benzene rings is 2. The standard InChI is InChI=1S/C24H28N4O6S/c1-27(2)15-20-16-28(35(30,31)21-5-3-4-17(12-21)14-25)22-13-18(6-7-23(22)33-20)26-24(29)34-19-8-10-32-11-9-19/h3-7,12-13,19-20H,8-11,15-16H2,1-2H3,(H,26,29). The van der Waals surface area contributed by atoms with E-state index in [-0.39, 0.29) is 23.1 Å². The number of ether oxygens (including phenoxy) is 3. The normalized spacial score (nSPS) is 18.3. The highest BCUT2D eigenvalue weighted by atomic mass is 32.2. The van der Waals surface area contributed by atoms with E-state index in [4.69, 9.17) is 14.2 Å². The lowest BCUT2D eigenvalue weighted by atomic mass is 10.2. The lowest BCUT2D eigenvalue weighted by Gasteiger charge is -2.36. The van der Waals surface area contributed by atoms with Gasteiger partial charge in [0.25, 0.3) is 10.0 Å². The van der Waals surface area contributed by atoms with Crippen molar-refractivity contribution in [2.24, 2.45) is 0 Å². The van der Waals surface area contributed by atoms with Gasteiger partial charge in [-0.25, -0.2) is 13.2 Å². The van der Waals surface area contributed by atoms with E-state index >= 15 is 0 Å². The van der Waals surface area contributed by atoms with Crippen LogP contribution in [0.25, 0.3) is 0 Å². The van der Waals surface area contributed by atoms with Crippen molar-refractivity contribution < 1.29 is 27.4 Å². The molecule has 1 unspecified atom stereocenters. The quantitative estimate of drug-likeness (QED) is 0.643. The number of anilines is 2. The van der Waals surface area contributed by atoms with Crippen molar-refractivity contribution in [1.82, 2.24) is 4.90 Å². The summed E-state index contributed by atoms with van der Waals surface area (Å²) in [7, 11) is -0.259. The second-order valence-electron chi connectivity index (χ2n) is 8.70. The highest BCUT2D eigenvalue weighted by Gasteiger charge is 2.35. The van der Waals surface area contributed by atoms with Crippen LogP contribution in [0.2, 0.25) is 0 Å². The van der Waals surface area contributed by atoms with Crippen LogP contribution < -0.4 is 14.4 Å². The summed E-state index contributed by atoms with van der Waals surface area (Å²) in [6.07, 6.45) is 0.0126. The molecule has 1 atom stereocenters. The Bertz CT molecular complexity index is 1220. The minimum absolute atomic E-state index is 0.00490. The van der Waals surface area contributed by atoms with Crippen LogP contribution in [-0.4, -0.2) is 72.0 Å². The average Bonchev–Trinajstić information content (AvgIpc) is 2.84. The molecule has 1 N–H and O–H groups in total. The summed E-state index contributed by atoms with van der Waals surface area (Å²) in [6, 6.07) is 12.7. The maximum absolute atomic E-state index is 13.7. The van der Waals surface area contributed by atoms with Gasteiger partial charge in [-0.05, 0) is 50.5 Å². The van der Waals surface area contributed by atoms with Crippen molar-refractivity contribution in [3.63, 3.8) is 0 Å². The fourth-order valence-corrected chi connectivity index (χ4v) is 5.61. The fourth-order valence-electron chi connectivity index (χ4n) is 4.07. The summed E-state index contributed by atoms with van der Waals surface area (Å²) < 4.78 is 45.4. The van der Waals surface area contributed by atoms with Crippen LogP contribution in [0.5, 0.6) is 5.75 Å². The molecule has 35 heavy (non-hydrogen) atoms. The summed E-state index contributed by atoms with van der Waals surface area (Å²) >= 11 is 0. The molecule has 0 saturated carbocycles. The zero-order valence-corrected chi connectivity index (χ0v) is 20.5. The lowest BCUT2D eigenvalue weighted by Crippen LogP contribution is -2.47. The van der Waals surface area contributed by atoms with Gasteiger partial charge in [0.15, 0.2) is 0 Å². The lowest BCUT2D eigenvalue weighted by molar-refractivity contribution is 0.00592. The molecule has 4 rings (SSSR count). The van der Waals surface area contributed by atoms with E-state index in [0.29, 0.717) is 49.7 Å². The topological polar surface area (TPSA) is 121 Å². The van der Waals surface area contributed by atoms with Gasteiger partial charge < -0.3 is 19.1 Å². The van der Waals surface area contributed by atoms with Crippen molar-refractivity contribution in [3.8, 4) is 11.8 Å². The molecule has 2 aromatic carbocycles. The van der Waals surface area contributed by atoms with Crippen molar-refractivity contribution >= 4 is 27.5 Å². The molecule has 186 valence electrons. The van der Waals surface area contributed by atoms with Gasteiger partial charge in [0.1, 0.15) is 18.0 Å². The number of fused-ring (bicyclic) bond motifs is 1. The molecule has 2 aliphatic rings. The Morgan fingerprint density at radius 2 is 2.00 bits per heavy atom. The Balaban J connectivity index is 1.63. The fraction of sp³-hybridized carbons (Fsp3) is 0.417. The number of nitrogens with one attached hydrogen (secondary N) is 1. The first-order valence-corrected chi connectivity index (χ1v) is 12.7. The summed E-state index contributed by atoms with van der Waals surface area (Å²) in [6.45, 7) is 1.66. The van der Waals surface area contributed by atoms with Crippen LogP contribution in [-0.2, 0) is 19.5 Å². The van der Waals surface area contributed by atoms with E-state index in [0.717, 1.165) is 0 Å². The van der Waals surface area contributed by atoms with E-state index < -0.39 is 22.2 Å². The minimum Gasteiger partial charge on any atom is -0.485 e. The van der Waals surface area contributed by atoms with Crippen LogP contribution in [0.4, 0.5) is 16.2 Å². The average molecular weight is 501 g/mol. The number of likely N-dealkylation sites (N-methyl/N-ethyl adjacent to an activating group) is 1. The zero-order valence-electron chi connectivity index (χ0n) is 19.6. The molecular formula is C24H28N4O6S. The van der Waals surface area contributed by atoms with Crippen LogP contribution in [0.15, 0.2) is 47.4 Å². The maximum Gasteiger partial charge on any atom is 0.411 e. The molecule has 10 nitrogen and oxygen atoms in total. The number of sulfonamides is 1. The van der Waals surface area contributed by atoms with Crippen molar-refractivity contribution in [2.45, 2.75) is 29.9 Å². The number of carbonyl (C=O) groups is 1. The van der Waals surface area contributed by atoms with Crippen LogP contribution >= 0.6 is 0 Å². The van der Waals surface area contributed by atoms with Gasteiger partial charge in [0.2, 0.25) is 0 Å². The zero-order chi connectivity index (χ0) is 25.0. The van der Waals surface area contributed by atoms with Crippen molar-refractivity contribution in [1.29, 1.82) is 5.26 Å². The summed E-state index contributed by atoms with van der Waals surface area (Å²) in [5.41, 5.74) is 0.920. The first-order valence-electron chi connectivity index (χ1n) is 11.3. The molecule has 1 saturated heterocycles. The summed E-state index contributed by atoms with van der Waals surface area (Å²) in [5, 5.41) is 11.9. The first-order chi connectivity index (χ1) is 16.8. The van der Waals surface area contributed by atoms with Gasteiger partial charge in [-0.15, -0.1) is 0 Å². The van der Waals surface area contributed by atoms with E-state index in [1.54, 1.807) is 24.3 Å². The monoisotopic (exact) mass is 500 g/mol. The second-order valence-corrected chi connectivity index (χ2v) is 10.6. The SMILES string of the molecule is CN(C)CC1CN(S(=O)(=O)c2cccc(C#N)c2)c2cc(NC(=O)OC3CCOCC3)ccc2O1. The molecule has 0 spiro atoms. The van der Waals surface area contributed by atoms with Crippen LogP contribution in [0.3, 0.4) is 0 Å². The van der Waals surface area contributed by atoms with Gasteiger partial charge in [0, 0.05) is 25.1 Å². The maximum atomic E-state index is 13.7. The molecule has 11 heteroatoms. The Labute approximate surface area is 205 Å². The molecule has 0 aliphatic carbocycles. The third-order valence-corrected chi connectivity index (χ3v) is 7.47. The number of hydrogen-bond acceptors (Lipinski definition) is 8. The second kappa shape index (κ2) is 10.5. The van der Waals surface area contributed by atoms with Crippen molar-refractivity contribution in [2.75, 3.05) is 50.0 Å². The Kier molecular flexibility index (Phi) is 7.45.